The maximum absolute atomic E-state index is 12.9. The normalized spacial score (nSPS) is 24.1. The molecule has 6 heteroatoms. The summed E-state index contributed by atoms with van der Waals surface area (Å²) in [5, 5.41) is 20.5. The van der Waals surface area contributed by atoms with Gasteiger partial charge < -0.3 is 19.8 Å². The van der Waals surface area contributed by atoms with Crippen LogP contribution < -0.4 is 0 Å². The molecule has 0 aliphatic carbocycles. The highest BCUT2D eigenvalue weighted by Crippen LogP contribution is 2.40. The van der Waals surface area contributed by atoms with Crippen LogP contribution in [0.1, 0.15) is 30.0 Å². The third kappa shape index (κ3) is 3.27. The Hall–Kier alpha value is -3.12. The lowest BCUT2D eigenvalue weighted by molar-refractivity contribution is -0.140. The fraction of sp³-hybridized carbons (Fsp3) is 0.273. The first-order chi connectivity index (χ1) is 13.6. The number of phenols is 1. The van der Waals surface area contributed by atoms with Crippen LogP contribution in [0.25, 0.3) is 5.76 Å². The van der Waals surface area contributed by atoms with Crippen LogP contribution in [0.5, 0.6) is 5.75 Å². The van der Waals surface area contributed by atoms with Crippen molar-refractivity contribution in [3.8, 4) is 5.75 Å². The summed E-state index contributed by atoms with van der Waals surface area (Å²) in [7, 11) is 0. The molecule has 144 valence electrons. The van der Waals surface area contributed by atoms with Crippen molar-refractivity contribution in [2.45, 2.75) is 25.0 Å². The molecule has 0 spiro atoms. The Balaban J connectivity index is 1.81. The van der Waals surface area contributed by atoms with E-state index in [1.54, 1.807) is 36.4 Å². The molecule has 28 heavy (non-hydrogen) atoms. The highest BCUT2D eigenvalue weighted by Gasteiger charge is 2.47. The number of carbonyl (C=O) groups is 2. The number of phenolic OH excluding ortho intramolecular Hbond substituents is 1. The van der Waals surface area contributed by atoms with Crippen LogP contribution in [0.15, 0.2) is 60.2 Å². The second-order valence-corrected chi connectivity index (χ2v) is 7.04. The van der Waals surface area contributed by atoms with E-state index in [9.17, 15) is 19.8 Å². The van der Waals surface area contributed by atoms with Gasteiger partial charge in [0.05, 0.1) is 17.7 Å². The van der Waals surface area contributed by atoms with Gasteiger partial charge in [0, 0.05) is 18.7 Å². The van der Waals surface area contributed by atoms with E-state index in [0.717, 1.165) is 12.8 Å². The van der Waals surface area contributed by atoms with Crippen LogP contribution in [-0.2, 0) is 14.3 Å². The molecule has 2 N–H and O–H groups in total. The van der Waals surface area contributed by atoms with Crippen molar-refractivity contribution in [3.05, 3.63) is 71.3 Å². The zero-order chi connectivity index (χ0) is 19.7. The van der Waals surface area contributed by atoms with Crippen LogP contribution >= 0.6 is 0 Å². The first-order valence-electron chi connectivity index (χ1n) is 9.30. The Bertz CT molecular complexity index is 914. The molecule has 4 rings (SSSR count). The fourth-order valence-corrected chi connectivity index (χ4v) is 3.83. The smallest absolute Gasteiger partial charge is 0.295 e. The first kappa shape index (κ1) is 18.3. The molecule has 2 heterocycles. The van der Waals surface area contributed by atoms with Crippen molar-refractivity contribution in [1.82, 2.24) is 4.90 Å². The highest BCUT2D eigenvalue weighted by atomic mass is 16.5. The van der Waals surface area contributed by atoms with E-state index < -0.39 is 17.7 Å². The van der Waals surface area contributed by atoms with Crippen LogP contribution in [0, 0.1) is 0 Å². The topological polar surface area (TPSA) is 87.1 Å². The maximum atomic E-state index is 12.9. The molecule has 0 bridgehead atoms. The maximum Gasteiger partial charge on any atom is 0.295 e. The lowest BCUT2D eigenvalue weighted by Gasteiger charge is -2.27. The predicted molar refractivity (Wildman–Crippen MR) is 103 cm³/mol. The first-order valence-corrected chi connectivity index (χ1v) is 9.30. The van der Waals surface area contributed by atoms with E-state index in [2.05, 4.69) is 0 Å². The Kier molecular flexibility index (Phi) is 4.88. The molecule has 2 atom stereocenters. The molecule has 2 fully saturated rings. The minimum Gasteiger partial charge on any atom is -0.508 e. The third-order valence-corrected chi connectivity index (χ3v) is 5.22. The SMILES string of the molecule is O=C1C(=O)N(CC2CCCO2)C(c2ccc(O)cc2)C1=C(O)c1ccccc1. The number of ketones is 1. The molecule has 2 aliphatic heterocycles. The average Bonchev–Trinajstić information content (AvgIpc) is 3.31. The van der Waals surface area contributed by atoms with Gasteiger partial charge in [-0.05, 0) is 30.5 Å². The van der Waals surface area contributed by atoms with E-state index >= 15 is 0 Å². The monoisotopic (exact) mass is 379 g/mol. The molecule has 0 aromatic heterocycles. The minimum absolute atomic E-state index is 0.0555. The zero-order valence-corrected chi connectivity index (χ0v) is 15.2. The summed E-state index contributed by atoms with van der Waals surface area (Å²) in [4.78, 5) is 27.1. The van der Waals surface area contributed by atoms with Crippen LogP contribution in [0.2, 0.25) is 0 Å². The lowest BCUT2D eigenvalue weighted by atomic mass is 9.95. The Morgan fingerprint density at radius 1 is 1.07 bits per heavy atom. The van der Waals surface area contributed by atoms with Gasteiger partial charge in [0.15, 0.2) is 0 Å². The number of aliphatic hydroxyl groups is 1. The third-order valence-electron chi connectivity index (χ3n) is 5.22. The van der Waals surface area contributed by atoms with E-state index in [-0.39, 0.29) is 29.7 Å². The van der Waals surface area contributed by atoms with Gasteiger partial charge >= 0.3 is 0 Å². The summed E-state index contributed by atoms with van der Waals surface area (Å²) >= 11 is 0. The van der Waals surface area contributed by atoms with Crippen molar-refractivity contribution in [2.75, 3.05) is 13.2 Å². The van der Waals surface area contributed by atoms with Gasteiger partial charge in [-0.2, -0.15) is 0 Å². The second-order valence-electron chi connectivity index (χ2n) is 7.04. The van der Waals surface area contributed by atoms with Gasteiger partial charge in [-0.25, -0.2) is 0 Å². The number of likely N-dealkylation sites (tertiary alicyclic amines) is 1. The van der Waals surface area contributed by atoms with Gasteiger partial charge in [-0.15, -0.1) is 0 Å². The summed E-state index contributed by atoms with van der Waals surface area (Å²) in [6, 6.07) is 14.3. The number of benzene rings is 2. The summed E-state index contributed by atoms with van der Waals surface area (Å²) < 4.78 is 5.66. The Labute approximate surface area is 162 Å². The van der Waals surface area contributed by atoms with Gasteiger partial charge in [-0.3, -0.25) is 9.59 Å². The highest BCUT2D eigenvalue weighted by molar-refractivity contribution is 6.46. The number of aromatic hydroxyl groups is 1. The largest absolute Gasteiger partial charge is 0.508 e. The number of nitrogens with zero attached hydrogens (tertiary/aromatic N) is 1. The molecule has 0 saturated carbocycles. The summed E-state index contributed by atoms with van der Waals surface area (Å²) in [5.74, 6) is -1.47. The van der Waals surface area contributed by atoms with E-state index in [4.69, 9.17) is 4.74 Å². The molecule has 2 aromatic carbocycles. The van der Waals surface area contributed by atoms with Gasteiger partial charge in [-0.1, -0.05) is 42.5 Å². The summed E-state index contributed by atoms with van der Waals surface area (Å²) in [6.07, 6.45) is 1.61. The fourth-order valence-electron chi connectivity index (χ4n) is 3.83. The van der Waals surface area contributed by atoms with Crippen molar-refractivity contribution in [2.24, 2.45) is 0 Å². The van der Waals surface area contributed by atoms with Gasteiger partial charge in [0.2, 0.25) is 0 Å². The van der Waals surface area contributed by atoms with Crippen LogP contribution in [0.4, 0.5) is 0 Å². The Morgan fingerprint density at radius 2 is 1.79 bits per heavy atom. The molecule has 2 aliphatic rings. The summed E-state index contributed by atoms with van der Waals surface area (Å²) in [6.45, 7) is 0.921. The molecule has 0 radical (unpaired) electrons. The number of hydrogen-bond acceptors (Lipinski definition) is 5. The molecule has 2 aromatic rings. The van der Waals surface area contributed by atoms with Crippen molar-refractivity contribution < 1.29 is 24.5 Å². The molecular formula is C22H21NO5. The number of ether oxygens (including phenoxy) is 1. The van der Waals surface area contributed by atoms with Crippen molar-refractivity contribution in [3.63, 3.8) is 0 Å². The van der Waals surface area contributed by atoms with Crippen molar-refractivity contribution >= 4 is 17.4 Å². The number of Topliss-reactive ketones (excluding diaryl/α,β-unsaturated/α-hetero) is 1. The lowest BCUT2D eigenvalue weighted by Crippen LogP contribution is -2.36. The van der Waals surface area contributed by atoms with E-state index in [1.165, 1.54) is 17.0 Å². The van der Waals surface area contributed by atoms with Gasteiger partial charge in [0.25, 0.3) is 11.7 Å². The quantitative estimate of drug-likeness (QED) is 0.484. The molecule has 1 amide bonds. The molecule has 6 nitrogen and oxygen atoms in total. The number of aliphatic hydroxyl groups excluding tert-OH is 1. The van der Waals surface area contributed by atoms with E-state index in [1.807, 2.05) is 6.07 Å². The second kappa shape index (κ2) is 7.48. The number of hydrogen-bond donors (Lipinski definition) is 2. The van der Waals surface area contributed by atoms with E-state index in [0.29, 0.717) is 17.7 Å². The average molecular weight is 379 g/mol. The molecule has 2 unspecified atom stereocenters. The number of rotatable bonds is 4. The predicted octanol–water partition coefficient (Wildman–Crippen LogP) is 2.99. The Morgan fingerprint density at radius 3 is 2.43 bits per heavy atom. The number of carbonyl (C=O) groups excluding carboxylic acids is 2. The minimum atomic E-state index is -0.731. The van der Waals surface area contributed by atoms with Gasteiger partial charge in [0.1, 0.15) is 11.5 Å². The molecular weight excluding hydrogens is 358 g/mol. The number of amides is 1. The summed E-state index contributed by atoms with van der Waals surface area (Å²) in [5.41, 5.74) is 1.17. The standard InChI is InChI=1S/C22H21NO5/c24-16-10-8-14(9-11-16)19-18(20(25)15-5-2-1-3-6-15)21(26)22(27)23(19)13-17-7-4-12-28-17/h1-3,5-6,8-11,17,19,24-25H,4,7,12-13H2. The van der Waals surface area contributed by atoms with Crippen LogP contribution in [-0.4, -0.2) is 46.1 Å². The zero-order valence-electron chi connectivity index (χ0n) is 15.2. The molecule has 2 saturated heterocycles. The van der Waals surface area contributed by atoms with Crippen molar-refractivity contribution in [1.29, 1.82) is 0 Å². The van der Waals surface area contributed by atoms with Crippen LogP contribution in [0.3, 0.4) is 0 Å².